The Hall–Kier alpha value is -4.18. The highest BCUT2D eigenvalue weighted by Gasteiger charge is 2.23. The highest BCUT2D eigenvalue weighted by Crippen LogP contribution is 2.29. The lowest BCUT2D eigenvalue weighted by Gasteiger charge is -2.34. The standard InChI is InChI=1S/C28H32N8O2/c29-27(37)26-28(33-21-5-3-19(4-6-21)20-9-14-38-15-10-20)34-25(16-31-26)35-12-1-2-22(17-35)32-23-7-8-24-30-11-13-36(24)18-23/h3-8,11,13,16,18,20,22,32H,1-2,9-10,12,14-15,17H2,(H2,29,37)(H,33,34)/t22-/m1/s1. The van der Waals surface area contributed by atoms with Crippen LogP contribution in [0, 0.1) is 0 Å². The minimum absolute atomic E-state index is 0.127. The van der Waals surface area contributed by atoms with Gasteiger partial charge >= 0.3 is 0 Å². The molecule has 0 saturated carbocycles. The first-order valence-electron chi connectivity index (χ1n) is 13.2. The van der Waals surface area contributed by atoms with Gasteiger partial charge in [-0.1, -0.05) is 12.1 Å². The number of amides is 1. The van der Waals surface area contributed by atoms with Crippen molar-refractivity contribution in [1.29, 1.82) is 0 Å². The summed E-state index contributed by atoms with van der Waals surface area (Å²) in [5.74, 6) is 0.991. The quantitative estimate of drug-likeness (QED) is 0.340. The summed E-state index contributed by atoms with van der Waals surface area (Å²) in [6.45, 7) is 3.25. The zero-order valence-electron chi connectivity index (χ0n) is 21.2. The first-order valence-corrected chi connectivity index (χ1v) is 13.2. The molecule has 1 atom stereocenters. The molecule has 0 bridgehead atoms. The zero-order valence-corrected chi connectivity index (χ0v) is 21.2. The summed E-state index contributed by atoms with van der Waals surface area (Å²) in [5.41, 5.74) is 9.86. The highest BCUT2D eigenvalue weighted by atomic mass is 16.5. The van der Waals surface area contributed by atoms with Gasteiger partial charge in [-0.05, 0) is 61.4 Å². The fourth-order valence-corrected chi connectivity index (χ4v) is 5.35. The number of piperidine rings is 1. The third kappa shape index (κ3) is 5.26. The van der Waals surface area contributed by atoms with Crippen LogP contribution in [0.3, 0.4) is 0 Å². The predicted molar refractivity (Wildman–Crippen MR) is 147 cm³/mol. The molecule has 196 valence electrons. The molecule has 2 aliphatic rings. The zero-order chi connectivity index (χ0) is 25.9. The number of nitrogens with two attached hydrogens (primary N) is 1. The van der Waals surface area contributed by atoms with Gasteiger partial charge in [0.15, 0.2) is 11.5 Å². The highest BCUT2D eigenvalue weighted by molar-refractivity contribution is 5.96. The Kier molecular flexibility index (Phi) is 6.78. The van der Waals surface area contributed by atoms with E-state index in [4.69, 9.17) is 15.5 Å². The summed E-state index contributed by atoms with van der Waals surface area (Å²) in [6, 6.07) is 12.6. The van der Waals surface area contributed by atoms with Crippen LogP contribution in [0.25, 0.3) is 5.65 Å². The van der Waals surface area contributed by atoms with Crippen molar-refractivity contribution in [2.75, 3.05) is 41.8 Å². The molecule has 0 spiro atoms. The summed E-state index contributed by atoms with van der Waals surface area (Å²) in [5, 5.41) is 6.92. The number of benzene rings is 1. The monoisotopic (exact) mass is 512 g/mol. The molecule has 5 heterocycles. The molecule has 2 aliphatic heterocycles. The van der Waals surface area contributed by atoms with Crippen LogP contribution in [0.15, 0.2) is 61.2 Å². The summed E-state index contributed by atoms with van der Waals surface area (Å²) in [7, 11) is 0. The Bertz CT molecular complexity index is 1410. The number of carbonyl (C=O) groups excluding carboxylic acids is 1. The topological polar surface area (TPSA) is 123 Å². The van der Waals surface area contributed by atoms with E-state index in [1.165, 1.54) is 5.56 Å². The molecule has 1 aromatic carbocycles. The molecule has 0 unspecified atom stereocenters. The largest absolute Gasteiger partial charge is 0.381 e. The lowest BCUT2D eigenvalue weighted by atomic mass is 9.92. The van der Waals surface area contributed by atoms with Gasteiger partial charge in [0.2, 0.25) is 0 Å². The molecule has 2 fully saturated rings. The first kappa shape index (κ1) is 24.2. The third-order valence-corrected chi connectivity index (χ3v) is 7.36. The van der Waals surface area contributed by atoms with E-state index in [-0.39, 0.29) is 11.7 Å². The van der Waals surface area contributed by atoms with Crippen LogP contribution < -0.4 is 21.3 Å². The second-order valence-corrected chi connectivity index (χ2v) is 9.96. The second kappa shape index (κ2) is 10.7. The van der Waals surface area contributed by atoms with E-state index >= 15 is 0 Å². The van der Waals surface area contributed by atoms with E-state index in [0.29, 0.717) is 17.6 Å². The van der Waals surface area contributed by atoms with E-state index < -0.39 is 5.91 Å². The van der Waals surface area contributed by atoms with E-state index in [1.54, 1.807) is 12.4 Å². The van der Waals surface area contributed by atoms with Gasteiger partial charge in [0, 0.05) is 56.6 Å². The maximum Gasteiger partial charge on any atom is 0.271 e. The van der Waals surface area contributed by atoms with Crippen molar-refractivity contribution >= 4 is 34.6 Å². The number of nitrogens with zero attached hydrogens (tertiary/aromatic N) is 5. The van der Waals surface area contributed by atoms with Crippen molar-refractivity contribution in [2.24, 2.45) is 5.73 Å². The van der Waals surface area contributed by atoms with Crippen molar-refractivity contribution < 1.29 is 9.53 Å². The van der Waals surface area contributed by atoms with Gasteiger partial charge in [0.05, 0.1) is 11.9 Å². The van der Waals surface area contributed by atoms with Gasteiger partial charge in [-0.15, -0.1) is 0 Å². The maximum atomic E-state index is 12.1. The molecule has 6 rings (SSSR count). The van der Waals surface area contributed by atoms with Crippen molar-refractivity contribution in [3.05, 3.63) is 72.4 Å². The number of pyridine rings is 1. The van der Waals surface area contributed by atoms with Crippen LogP contribution in [-0.2, 0) is 4.74 Å². The van der Waals surface area contributed by atoms with E-state index in [0.717, 1.165) is 69.0 Å². The van der Waals surface area contributed by atoms with Gasteiger partial charge in [-0.25, -0.2) is 15.0 Å². The van der Waals surface area contributed by atoms with Gasteiger partial charge in [0.25, 0.3) is 5.91 Å². The first-order chi connectivity index (χ1) is 18.6. The average Bonchev–Trinajstić information content (AvgIpc) is 3.42. The molecular formula is C28H32N8O2. The summed E-state index contributed by atoms with van der Waals surface area (Å²) >= 11 is 0. The van der Waals surface area contributed by atoms with Gasteiger partial charge < -0.3 is 30.4 Å². The Morgan fingerprint density at radius 1 is 1.03 bits per heavy atom. The number of nitrogens with one attached hydrogen (secondary N) is 2. The number of fused-ring (bicyclic) bond motifs is 1. The minimum atomic E-state index is -0.613. The summed E-state index contributed by atoms with van der Waals surface area (Å²) < 4.78 is 7.49. The van der Waals surface area contributed by atoms with Crippen molar-refractivity contribution in [2.45, 2.75) is 37.6 Å². The van der Waals surface area contributed by atoms with Crippen LogP contribution >= 0.6 is 0 Å². The Balaban J connectivity index is 1.17. The van der Waals surface area contributed by atoms with E-state index in [2.05, 4.69) is 49.9 Å². The Morgan fingerprint density at radius 2 is 1.84 bits per heavy atom. The number of imidazole rings is 1. The molecule has 10 heteroatoms. The number of ether oxygens (including phenoxy) is 1. The molecule has 4 aromatic rings. The number of hydrogen-bond acceptors (Lipinski definition) is 8. The molecule has 10 nitrogen and oxygen atoms in total. The van der Waals surface area contributed by atoms with Gasteiger partial charge in [-0.2, -0.15) is 0 Å². The van der Waals surface area contributed by atoms with Crippen LogP contribution in [0.4, 0.5) is 23.0 Å². The molecule has 2 saturated heterocycles. The molecule has 0 aliphatic carbocycles. The van der Waals surface area contributed by atoms with Crippen LogP contribution in [0.5, 0.6) is 0 Å². The molecule has 38 heavy (non-hydrogen) atoms. The minimum Gasteiger partial charge on any atom is -0.381 e. The number of anilines is 4. The molecular weight excluding hydrogens is 480 g/mol. The number of rotatable bonds is 7. The third-order valence-electron chi connectivity index (χ3n) is 7.36. The van der Waals surface area contributed by atoms with Gasteiger partial charge in [0.1, 0.15) is 11.5 Å². The van der Waals surface area contributed by atoms with E-state index in [9.17, 15) is 4.79 Å². The number of carbonyl (C=O) groups is 1. The molecule has 4 N–H and O–H groups in total. The normalized spacial score (nSPS) is 18.4. The van der Waals surface area contributed by atoms with Crippen molar-refractivity contribution in [3.8, 4) is 0 Å². The van der Waals surface area contributed by atoms with Crippen LogP contribution in [0.1, 0.15) is 47.7 Å². The van der Waals surface area contributed by atoms with E-state index in [1.807, 2.05) is 28.8 Å². The summed E-state index contributed by atoms with van der Waals surface area (Å²) in [6.07, 6.45) is 11.6. The fourth-order valence-electron chi connectivity index (χ4n) is 5.35. The molecule has 1 amide bonds. The Labute approximate surface area is 221 Å². The average molecular weight is 513 g/mol. The molecule has 0 radical (unpaired) electrons. The lowest BCUT2D eigenvalue weighted by molar-refractivity contribution is 0.0853. The van der Waals surface area contributed by atoms with Gasteiger partial charge in [-0.3, -0.25) is 4.79 Å². The Morgan fingerprint density at radius 3 is 2.66 bits per heavy atom. The van der Waals surface area contributed by atoms with Crippen LogP contribution in [-0.4, -0.2) is 57.6 Å². The smallest absolute Gasteiger partial charge is 0.271 e. The number of hydrogen-bond donors (Lipinski definition) is 3. The van der Waals surface area contributed by atoms with Crippen molar-refractivity contribution in [1.82, 2.24) is 19.4 Å². The second-order valence-electron chi connectivity index (χ2n) is 9.96. The fraction of sp³-hybridized carbons (Fsp3) is 0.357. The summed E-state index contributed by atoms with van der Waals surface area (Å²) in [4.78, 5) is 27.8. The number of aromatic nitrogens is 4. The SMILES string of the molecule is NC(=O)c1ncc(N2CCC[C@@H](Nc3ccc4nccn4c3)C2)nc1Nc1ccc(C2CCOCC2)cc1. The molecule has 3 aromatic heterocycles. The lowest BCUT2D eigenvalue weighted by Crippen LogP contribution is -2.42. The van der Waals surface area contributed by atoms with Crippen LogP contribution in [0.2, 0.25) is 0 Å². The number of primary amides is 1. The predicted octanol–water partition coefficient (Wildman–Crippen LogP) is 3.94. The van der Waals surface area contributed by atoms with Crippen molar-refractivity contribution in [3.63, 3.8) is 0 Å². The maximum absolute atomic E-state index is 12.1.